The molecule has 0 bridgehead atoms. The second-order valence-electron chi connectivity index (χ2n) is 17.6. The standard InChI is InChI=1S/C49H52N5.Pt/c1-31(2)36-21-17-22-37(32(3)4)44(36)45-46(48(5,6)7)50-54(47(45)49(8,9)10)35-26-27-39-38-20-12-13-23-40(38)53(43(39)29-35)34-19-16-18-33(28-34)52-30-51(11)41-24-14-15-25-42(41)52;/h12-27,30-32H,1-11H3;/q-3;. The van der Waals surface area contributed by atoms with Gasteiger partial charge in [-0.05, 0) is 64.8 Å². The quantitative estimate of drug-likeness (QED) is 0.156. The van der Waals surface area contributed by atoms with E-state index in [1.165, 1.54) is 39.0 Å². The van der Waals surface area contributed by atoms with Crippen molar-refractivity contribution in [3.8, 4) is 22.5 Å². The van der Waals surface area contributed by atoms with Gasteiger partial charge in [0.1, 0.15) is 0 Å². The molecule has 0 N–H and O–H groups in total. The SMILES string of the molecule is CC(C)c1cccc(C(C)C)c1-c1c(C(C)(C)C)nn(-c2[c-]c3c(cc2)c2ccccc2n3-c2[c-]c(N3[CH-]N(C)c4ccccc43)ccc2)c1C(C)(C)C.[Pt]. The van der Waals surface area contributed by atoms with Crippen molar-refractivity contribution in [1.29, 1.82) is 0 Å². The average Bonchev–Trinajstić information content (AvgIpc) is 3.81. The summed E-state index contributed by atoms with van der Waals surface area (Å²) < 4.78 is 4.53. The fourth-order valence-corrected chi connectivity index (χ4v) is 8.31. The number of benzene rings is 5. The summed E-state index contributed by atoms with van der Waals surface area (Å²) in [5.41, 5.74) is 14.6. The van der Waals surface area contributed by atoms with Crippen molar-refractivity contribution in [1.82, 2.24) is 14.3 Å². The molecule has 0 saturated heterocycles. The van der Waals surface area contributed by atoms with E-state index in [1.54, 1.807) is 0 Å². The van der Waals surface area contributed by atoms with Crippen LogP contribution in [0, 0.1) is 18.8 Å². The third-order valence-electron chi connectivity index (χ3n) is 10.8. The molecule has 0 aliphatic carbocycles. The van der Waals surface area contributed by atoms with E-state index in [0.29, 0.717) is 11.8 Å². The Bertz CT molecular complexity index is 2510. The molecule has 0 amide bonds. The maximum Gasteiger partial charge on any atom is 0.0763 e. The fourth-order valence-electron chi connectivity index (χ4n) is 8.31. The van der Waals surface area contributed by atoms with Crippen molar-refractivity contribution in [2.75, 3.05) is 16.8 Å². The number of hydrogen-bond donors (Lipinski definition) is 0. The molecule has 1 aliphatic rings. The van der Waals surface area contributed by atoms with Crippen molar-refractivity contribution in [2.24, 2.45) is 0 Å². The van der Waals surface area contributed by atoms with Crippen molar-refractivity contribution >= 4 is 38.9 Å². The van der Waals surface area contributed by atoms with Crippen molar-refractivity contribution in [3.63, 3.8) is 0 Å². The number of nitrogens with zero attached hydrogens (tertiary/aromatic N) is 5. The second kappa shape index (κ2) is 14.2. The maximum atomic E-state index is 5.61. The topological polar surface area (TPSA) is 29.2 Å². The van der Waals surface area contributed by atoms with Gasteiger partial charge < -0.3 is 14.4 Å². The Balaban J connectivity index is 0.00000465. The summed E-state index contributed by atoms with van der Waals surface area (Å²) in [5.74, 6) is 0.723. The second-order valence-corrected chi connectivity index (χ2v) is 17.6. The first-order valence-corrected chi connectivity index (χ1v) is 19.4. The molecule has 0 spiro atoms. The van der Waals surface area contributed by atoms with Crippen molar-refractivity contribution in [2.45, 2.75) is 91.9 Å². The fraction of sp³-hybridized carbons (Fsp3) is 0.306. The largest absolute Gasteiger partial charge is 0.504 e. The molecule has 6 heteroatoms. The Hall–Kier alpha value is -4.60. The minimum absolute atomic E-state index is 0. The first kappa shape index (κ1) is 38.7. The molecule has 286 valence electrons. The summed E-state index contributed by atoms with van der Waals surface area (Å²) in [6.45, 7) is 25.2. The van der Waals surface area contributed by atoms with Gasteiger partial charge in [-0.3, -0.25) is 4.68 Å². The Morgan fingerprint density at radius 2 is 1.22 bits per heavy atom. The van der Waals surface area contributed by atoms with Crippen LogP contribution < -0.4 is 9.80 Å². The third-order valence-corrected chi connectivity index (χ3v) is 10.8. The van der Waals surface area contributed by atoms with Crippen LogP contribution >= 0.6 is 0 Å². The molecule has 2 aromatic heterocycles. The van der Waals surface area contributed by atoms with Gasteiger partial charge in [0.05, 0.1) is 11.4 Å². The van der Waals surface area contributed by atoms with Crippen LogP contribution in [-0.2, 0) is 31.9 Å². The van der Waals surface area contributed by atoms with Gasteiger partial charge in [0.2, 0.25) is 0 Å². The summed E-state index contributed by atoms with van der Waals surface area (Å²) in [6, 6.07) is 42.7. The molecule has 5 nitrogen and oxygen atoms in total. The van der Waals surface area contributed by atoms with Gasteiger partial charge in [-0.1, -0.05) is 129 Å². The van der Waals surface area contributed by atoms with Crippen LogP contribution in [0.25, 0.3) is 44.3 Å². The van der Waals surface area contributed by atoms with Gasteiger partial charge in [-0.25, -0.2) is 0 Å². The molecule has 0 saturated carbocycles. The molecule has 0 radical (unpaired) electrons. The molecular formula is C49H52N5Pt-3. The Morgan fingerprint density at radius 3 is 1.87 bits per heavy atom. The summed E-state index contributed by atoms with van der Waals surface area (Å²) in [7, 11) is 2.09. The molecular weight excluding hydrogens is 854 g/mol. The Kier molecular flexibility index (Phi) is 9.95. The van der Waals surface area contributed by atoms with Crippen LogP contribution in [-0.4, -0.2) is 21.4 Å². The predicted octanol–water partition coefficient (Wildman–Crippen LogP) is 12.8. The summed E-state index contributed by atoms with van der Waals surface area (Å²) in [5, 5.41) is 7.95. The van der Waals surface area contributed by atoms with E-state index >= 15 is 0 Å². The minimum Gasteiger partial charge on any atom is -0.504 e. The molecule has 0 unspecified atom stereocenters. The van der Waals surface area contributed by atoms with Gasteiger partial charge in [0.15, 0.2) is 0 Å². The number of hydrogen-bond acceptors (Lipinski definition) is 3. The summed E-state index contributed by atoms with van der Waals surface area (Å²) in [6.07, 6.45) is 0. The van der Waals surface area contributed by atoms with Gasteiger partial charge >= 0.3 is 0 Å². The molecule has 0 fully saturated rings. The molecule has 7 aromatic rings. The first-order chi connectivity index (χ1) is 25.6. The van der Waals surface area contributed by atoms with Crippen LogP contribution in [0.15, 0.2) is 97.1 Å². The molecule has 1 aliphatic heterocycles. The normalized spacial score (nSPS) is 13.4. The number of aromatic nitrogens is 3. The maximum absolute atomic E-state index is 5.61. The van der Waals surface area contributed by atoms with Crippen LogP contribution in [0.5, 0.6) is 0 Å². The van der Waals surface area contributed by atoms with Gasteiger partial charge in [-0.2, -0.15) is 23.9 Å². The zero-order valence-electron chi connectivity index (χ0n) is 34.0. The zero-order valence-corrected chi connectivity index (χ0v) is 36.3. The minimum atomic E-state index is -0.225. The van der Waals surface area contributed by atoms with Crippen LogP contribution in [0.1, 0.15) is 104 Å². The molecule has 5 aromatic carbocycles. The number of rotatable bonds is 6. The summed E-state index contributed by atoms with van der Waals surface area (Å²) in [4.78, 5) is 4.38. The number of fused-ring (bicyclic) bond motifs is 4. The van der Waals surface area contributed by atoms with E-state index in [0.717, 1.165) is 44.9 Å². The molecule has 8 rings (SSSR count). The van der Waals surface area contributed by atoms with Crippen molar-refractivity contribution in [3.05, 3.63) is 138 Å². The molecule has 55 heavy (non-hydrogen) atoms. The van der Waals surface area contributed by atoms with E-state index in [1.807, 2.05) is 0 Å². The molecule has 0 atom stereocenters. The third kappa shape index (κ3) is 6.53. The number of para-hydroxylation sites is 3. The van der Waals surface area contributed by atoms with Crippen LogP contribution in [0.4, 0.5) is 17.1 Å². The van der Waals surface area contributed by atoms with Crippen LogP contribution in [0.2, 0.25) is 0 Å². The molecule has 3 heterocycles. The van der Waals surface area contributed by atoms with E-state index in [2.05, 4.69) is 211 Å². The van der Waals surface area contributed by atoms with Crippen LogP contribution in [0.3, 0.4) is 0 Å². The van der Waals surface area contributed by atoms with Gasteiger partial charge in [-0.15, -0.1) is 41.4 Å². The Labute approximate surface area is 342 Å². The van der Waals surface area contributed by atoms with E-state index in [9.17, 15) is 0 Å². The monoisotopic (exact) mass is 905 g/mol. The van der Waals surface area contributed by atoms with E-state index < -0.39 is 0 Å². The van der Waals surface area contributed by atoms with E-state index in [-0.39, 0.29) is 31.9 Å². The average molecular weight is 906 g/mol. The van der Waals surface area contributed by atoms with Crippen molar-refractivity contribution < 1.29 is 21.1 Å². The first-order valence-electron chi connectivity index (χ1n) is 19.4. The van der Waals surface area contributed by atoms with E-state index in [4.69, 9.17) is 5.10 Å². The summed E-state index contributed by atoms with van der Waals surface area (Å²) >= 11 is 0. The number of anilines is 3. The smallest absolute Gasteiger partial charge is 0.0763 e. The van der Waals surface area contributed by atoms with Gasteiger partial charge in [0.25, 0.3) is 0 Å². The Morgan fingerprint density at radius 1 is 0.600 bits per heavy atom. The zero-order chi connectivity index (χ0) is 38.3. The van der Waals surface area contributed by atoms with Gasteiger partial charge in [0, 0.05) is 54.4 Å². The predicted molar refractivity (Wildman–Crippen MR) is 228 cm³/mol.